The third kappa shape index (κ3) is 26.5. The Bertz CT molecular complexity index is 5620. The first kappa shape index (κ1) is 98.0. The number of nitrogen functional groups attached to an aromatic ring is 1. The van der Waals surface area contributed by atoms with Crippen LogP contribution in [0.2, 0.25) is 25.2 Å². The number of anilines is 7. The van der Waals surface area contributed by atoms with Crippen molar-refractivity contribution in [2.45, 2.75) is 294 Å². The largest absolute Gasteiger partial charge is 0.481 e. The summed E-state index contributed by atoms with van der Waals surface area (Å²) in [6, 6.07) is 30.4. The number of piperidine rings is 4. The van der Waals surface area contributed by atoms with Crippen molar-refractivity contribution in [3.8, 4) is 47.8 Å². The van der Waals surface area contributed by atoms with Gasteiger partial charge in [-0.1, -0.05) is 58.0 Å². The van der Waals surface area contributed by atoms with Crippen LogP contribution in [-0.2, 0) is 19.1 Å². The molecule has 8 bridgehead atoms. The second kappa shape index (κ2) is 43.9. The summed E-state index contributed by atoms with van der Waals surface area (Å²) in [5.74, 6) is 4.88. The molecule has 4 aromatic carbocycles. The van der Waals surface area contributed by atoms with E-state index in [0.717, 1.165) is 131 Å². The number of fused-ring (bicyclic) bond motifs is 8. The van der Waals surface area contributed by atoms with E-state index in [1.54, 1.807) is 66.7 Å². The number of carboxylic acid groups (broad SMARTS) is 1. The van der Waals surface area contributed by atoms with Gasteiger partial charge < -0.3 is 75.2 Å². The minimum atomic E-state index is -0.650. The number of nitrogens with zero attached hydrogens (tertiary/aromatic N) is 15. The minimum absolute atomic E-state index is 0.0332. The van der Waals surface area contributed by atoms with Gasteiger partial charge in [0.15, 0.2) is 0 Å². The predicted octanol–water partition coefficient (Wildman–Crippen LogP) is 20.2. The normalized spacial score (nSPS) is 22.6. The molecule has 2 aliphatic carbocycles. The summed E-state index contributed by atoms with van der Waals surface area (Å²) < 4.78 is 36.1. The number of aromatic nitrogens is 8. The molecule has 12 heterocycles. The first-order valence-corrected chi connectivity index (χ1v) is 46.7. The van der Waals surface area contributed by atoms with Crippen LogP contribution in [0.4, 0.5) is 49.8 Å². The molecule has 7 N–H and O–H groups in total. The molecule has 4 aromatic heterocycles. The van der Waals surface area contributed by atoms with Gasteiger partial charge >= 0.3 is 18.2 Å². The Kier molecular flexibility index (Phi) is 32.6. The van der Waals surface area contributed by atoms with Gasteiger partial charge in [0.05, 0.1) is 106 Å². The number of hydrogen-bond acceptors (Lipinski definition) is 27. The van der Waals surface area contributed by atoms with Crippen molar-refractivity contribution >= 4 is 122 Å². The Hall–Kier alpha value is -11.6. The molecule has 10 aliphatic rings. The molecular weight excluding hydrogens is 1790 g/mol. The number of rotatable bonds is 18. The number of halogens is 5. The Morgan fingerprint density at radius 1 is 0.417 bits per heavy atom. The van der Waals surface area contributed by atoms with Gasteiger partial charge in [-0.2, -0.15) is 21.0 Å². The topological polar surface area (TPSA) is 426 Å². The number of carbonyl (C=O) groups is 4. The van der Waals surface area contributed by atoms with Crippen LogP contribution in [0.1, 0.15) is 227 Å². The zero-order valence-corrected chi connectivity index (χ0v) is 79.4. The second-order valence-corrected chi connectivity index (χ2v) is 39.1. The van der Waals surface area contributed by atoms with E-state index in [1.807, 2.05) is 85.1 Å². The molecule has 8 unspecified atom stereocenters. The Balaban J connectivity index is 0.000000142. The van der Waals surface area contributed by atoms with E-state index >= 15 is 0 Å². The maximum absolute atomic E-state index is 12.7. The second-order valence-electron chi connectivity index (χ2n) is 37.1. The molecule has 8 aliphatic heterocycles. The maximum Gasteiger partial charge on any atom is 0.410 e. The van der Waals surface area contributed by atoms with Crippen molar-refractivity contribution in [2.75, 3.05) is 21.7 Å². The number of aliphatic carboxylic acids is 1. The molecule has 132 heavy (non-hydrogen) atoms. The average molecular weight is 1900 g/mol. The van der Waals surface area contributed by atoms with Crippen molar-refractivity contribution in [3.05, 3.63) is 168 Å². The van der Waals surface area contributed by atoms with Crippen LogP contribution in [0.5, 0.6) is 23.5 Å². The van der Waals surface area contributed by atoms with Gasteiger partial charge in [0.2, 0.25) is 29.4 Å². The van der Waals surface area contributed by atoms with E-state index in [9.17, 15) is 19.2 Å². The van der Waals surface area contributed by atoms with E-state index in [-0.39, 0.29) is 72.9 Å². The zero-order chi connectivity index (χ0) is 94.4. The van der Waals surface area contributed by atoms with Crippen molar-refractivity contribution < 1.29 is 52.7 Å². The number of carboxylic acids is 1. The minimum Gasteiger partial charge on any atom is -0.481 e. The first-order valence-electron chi connectivity index (χ1n) is 44.8. The van der Waals surface area contributed by atoms with Crippen LogP contribution >= 0.6 is 58.0 Å². The summed E-state index contributed by atoms with van der Waals surface area (Å²) in [7, 11) is 0. The molecule has 0 radical (unpaired) electrons. The molecule has 8 aromatic rings. The highest BCUT2D eigenvalue weighted by Gasteiger charge is 2.49. The fraction of sp³-hybridized carbons (Fsp3) is 0.500. The maximum atomic E-state index is 12.7. The molecule has 3 amide bonds. The number of benzene rings is 4. The number of nitrogens with two attached hydrogens (primary N) is 1. The summed E-state index contributed by atoms with van der Waals surface area (Å²) in [5, 5.41) is 59.0. The van der Waals surface area contributed by atoms with Crippen molar-refractivity contribution in [3.63, 3.8) is 0 Å². The van der Waals surface area contributed by atoms with Crippen LogP contribution in [0, 0.1) is 84.9 Å². The Morgan fingerprint density at radius 3 is 1.02 bits per heavy atom. The van der Waals surface area contributed by atoms with E-state index < -0.39 is 17.2 Å². The van der Waals surface area contributed by atoms with E-state index in [1.165, 1.54) is 57.1 Å². The Morgan fingerprint density at radius 2 is 0.720 bits per heavy atom. The third-order valence-corrected chi connectivity index (χ3v) is 26.3. The highest BCUT2D eigenvalue weighted by atomic mass is 35.5. The lowest BCUT2D eigenvalue weighted by Gasteiger charge is -2.39. The third-order valence-electron chi connectivity index (χ3n) is 24.7. The number of nitrogens with one attached hydrogen (secondary N) is 4. The molecule has 8 saturated heterocycles. The molecule has 0 spiro atoms. The van der Waals surface area contributed by atoms with Crippen molar-refractivity contribution in [1.82, 2.24) is 59.9 Å². The van der Waals surface area contributed by atoms with Gasteiger partial charge in [0, 0.05) is 105 Å². The smallest absolute Gasteiger partial charge is 0.410 e. The lowest BCUT2D eigenvalue weighted by Crippen LogP contribution is -2.50. The first-order chi connectivity index (χ1) is 63.0. The monoisotopic (exact) mass is 1890 g/mol. The number of amides is 3. The van der Waals surface area contributed by atoms with Gasteiger partial charge in [0.25, 0.3) is 0 Å². The SMILES string of the molecule is Cc1c(Cl)ncnc1OC1CC2CCC(C1)N2C(=O)OC(C)(C)C.Cc1c(Nc2ccc(C#N)cc2Cl)ncnc1OC1CC2CCC(C1)N2.Cc1c(Nc2ccc(C#N)cc2Cl)ncnc1OC1CC2CCC(C1)N2C(=O)CC1CC1.Cc1c(Nc2ccc(C#N)cc2Cl)ncnc1OC1CC2CCC(C1)N2C(=O)OC(C)(C)C.N#Cc1ccc(N)c(Cl)c1.O=C(O)CC1CC1. The van der Waals surface area contributed by atoms with Crippen LogP contribution < -0.4 is 45.9 Å². The highest BCUT2D eigenvalue weighted by Crippen LogP contribution is 2.45. The number of nitriles is 4. The number of hydrogen-bond donors (Lipinski definition) is 6. The van der Waals surface area contributed by atoms with E-state index in [4.69, 9.17) is 118 Å². The fourth-order valence-corrected chi connectivity index (χ4v) is 18.9. The number of carbonyl (C=O) groups excluding carboxylic acids is 3. The number of ether oxygens (including phenoxy) is 6. The standard InChI is InChI=1S/C24H28ClN5O3.C24H26ClN5O2.C19H20ClN5O.C17H24ClN3O3.C7H5ClN2.C5H8O2/c1-14-21(29-20-8-5-15(12-26)9-19(20)25)27-13-28-22(14)32-18-10-16-6-7-17(11-18)30(16)23(31)33-24(2,3)4;1-14-23(29-21-7-4-16(12-26)8-20(21)25)27-13-28-24(14)32-19-10-17-5-6-18(11-19)30(17)22(31)9-15-2-3-15;1-11-18(25-17-5-2-12(9-21)6-16(17)20)22-10-23-19(11)26-15-7-13-3-4-14(8-15)24-13;1-10-14(18)19-9-20-15(10)23-13-7-11-5-6-12(8-13)21(11)16(22)24-17(2,3)4;8-6-3-5(4-9)1-2-7(6)10;6-5(7)3-4-1-2-4/h5,8-9,13,16-18H,6-7,10-11H2,1-4H3,(H,27,28,29);4,7-8,13,15,17-19H,2-3,5-6,9-11H2,1H3,(H,27,28,29);2,5-6,10,13-15,24H,3-4,7-8H2,1H3,(H,22,23,25);9,11-13H,5-8H2,1-4H3;1-3H,10H2;4H,1-3H2,(H,6,7). The lowest BCUT2D eigenvalue weighted by molar-refractivity contribution is -0.138. The molecular formula is C96H111Cl5N20O11. The molecule has 2 saturated carbocycles. The van der Waals surface area contributed by atoms with Gasteiger partial charge in [-0.05, 0) is 244 Å². The van der Waals surface area contributed by atoms with Crippen LogP contribution in [0.15, 0.2) is 98.1 Å². The van der Waals surface area contributed by atoms with Crippen LogP contribution in [0.25, 0.3) is 0 Å². The van der Waals surface area contributed by atoms with Gasteiger partial charge in [-0.15, -0.1) is 0 Å². The molecule has 31 nitrogen and oxygen atoms in total. The Labute approximate surface area is 794 Å². The summed E-state index contributed by atoms with van der Waals surface area (Å²) >= 11 is 30.5. The summed E-state index contributed by atoms with van der Waals surface area (Å²) in [6.07, 6.45) is 26.7. The molecule has 36 heteroatoms. The molecule has 8 atom stereocenters. The van der Waals surface area contributed by atoms with Crippen molar-refractivity contribution in [2.24, 2.45) is 11.8 Å². The lowest BCUT2D eigenvalue weighted by atomic mass is 9.98. The molecule has 18 rings (SSSR count). The van der Waals surface area contributed by atoms with E-state index in [0.29, 0.717) is 147 Å². The zero-order valence-electron chi connectivity index (χ0n) is 75.6. The van der Waals surface area contributed by atoms with Crippen LogP contribution in [0.3, 0.4) is 0 Å². The highest BCUT2D eigenvalue weighted by molar-refractivity contribution is 6.34. The summed E-state index contributed by atoms with van der Waals surface area (Å²) in [5.41, 5.74) is 12.1. The quantitative estimate of drug-likeness (QED) is 0.0343. The summed E-state index contributed by atoms with van der Waals surface area (Å²) in [6.45, 7) is 18.9. The van der Waals surface area contributed by atoms with Gasteiger partial charge in [-0.25, -0.2) is 49.5 Å². The molecule has 696 valence electrons. The van der Waals surface area contributed by atoms with Gasteiger partial charge in [-0.3, -0.25) is 9.59 Å². The predicted molar refractivity (Wildman–Crippen MR) is 501 cm³/mol. The molecule has 10 fully saturated rings. The van der Waals surface area contributed by atoms with Crippen LogP contribution in [-0.4, -0.2) is 168 Å². The summed E-state index contributed by atoms with van der Waals surface area (Å²) in [4.78, 5) is 87.9. The van der Waals surface area contributed by atoms with E-state index in [2.05, 4.69) is 84.2 Å². The average Bonchev–Trinajstić information content (AvgIpc) is 1.65. The van der Waals surface area contributed by atoms with Gasteiger partial charge in [0.1, 0.15) is 83.5 Å². The van der Waals surface area contributed by atoms with Crippen molar-refractivity contribution in [1.29, 1.82) is 21.0 Å². The fourth-order valence-electron chi connectivity index (χ4n) is 17.9.